The maximum Gasteiger partial charge on any atom is 0.132 e. The molecule has 0 bridgehead atoms. The van der Waals surface area contributed by atoms with Gasteiger partial charge in [0.05, 0.1) is 5.41 Å². The summed E-state index contributed by atoms with van der Waals surface area (Å²) in [6.45, 7) is 0. The molecular formula is C49H38O. The van der Waals surface area contributed by atoms with Gasteiger partial charge >= 0.3 is 0 Å². The second kappa shape index (κ2) is 11.5. The quantitative estimate of drug-likeness (QED) is 0.186. The van der Waals surface area contributed by atoms with Crippen LogP contribution in [0.5, 0.6) is 11.5 Å². The molecule has 1 nitrogen and oxygen atoms in total. The van der Waals surface area contributed by atoms with Gasteiger partial charge in [-0.2, -0.15) is 0 Å². The van der Waals surface area contributed by atoms with E-state index in [2.05, 4.69) is 170 Å². The summed E-state index contributed by atoms with van der Waals surface area (Å²) >= 11 is 0. The Labute approximate surface area is 294 Å². The minimum Gasteiger partial charge on any atom is -0.457 e. The van der Waals surface area contributed by atoms with Crippen LogP contribution in [0.15, 0.2) is 170 Å². The van der Waals surface area contributed by atoms with E-state index < -0.39 is 5.41 Å². The summed E-state index contributed by atoms with van der Waals surface area (Å²) in [5, 5.41) is 0. The maximum atomic E-state index is 6.70. The summed E-state index contributed by atoms with van der Waals surface area (Å²) in [4.78, 5) is 0. The van der Waals surface area contributed by atoms with Gasteiger partial charge in [-0.1, -0.05) is 165 Å². The molecule has 1 spiro atoms. The molecule has 0 atom stereocenters. The maximum absolute atomic E-state index is 6.70. The topological polar surface area (TPSA) is 9.23 Å². The van der Waals surface area contributed by atoms with Crippen LogP contribution in [0, 0.1) is 0 Å². The lowest BCUT2D eigenvalue weighted by Crippen LogP contribution is -2.34. The van der Waals surface area contributed by atoms with Crippen molar-refractivity contribution >= 4 is 0 Å². The molecule has 0 amide bonds. The Kier molecular flexibility index (Phi) is 6.71. The summed E-state index contributed by atoms with van der Waals surface area (Å²) in [5.74, 6) is 1.79. The molecule has 10 rings (SSSR count). The number of fused-ring (bicyclic) bond motifs is 7. The first kappa shape index (κ1) is 29.3. The van der Waals surface area contributed by atoms with E-state index >= 15 is 0 Å². The highest BCUT2D eigenvalue weighted by Gasteiger charge is 2.46. The number of ether oxygens (including phenoxy) is 1. The van der Waals surface area contributed by atoms with Crippen molar-refractivity contribution in [2.75, 3.05) is 0 Å². The van der Waals surface area contributed by atoms with Crippen LogP contribution in [0.3, 0.4) is 0 Å². The normalized spacial score (nSPS) is 16.1. The zero-order valence-corrected chi connectivity index (χ0v) is 28.1. The van der Waals surface area contributed by atoms with Crippen molar-refractivity contribution in [1.82, 2.24) is 0 Å². The molecule has 7 aromatic rings. The summed E-state index contributed by atoms with van der Waals surface area (Å²) in [5.41, 5.74) is 15.3. The Morgan fingerprint density at radius 1 is 0.380 bits per heavy atom. The monoisotopic (exact) mass is 642 g/mol. The third-order valence-corrected chi connectivity index (χ3v) is 11.8. The van der Waals surface area contributed by atoms with E-state index in [1.165, 1.54) is 87.7 Å². The fourth-order valence-electron chi connectivity index (χ4n) is 9.69. The van der Waals surface area contributed by atoms with Crippen LogP contribution in [0.4, 0.5) is 0 Å². The van der Waals surface area contributed by atoms with Crippen LogP contribution in [0.25, 0.3) is 33.4 Å². The van der Waals surface area contributed by atoms with Crippen LogP contribution in [0.2, 0.25) is 0 Å². The lowest BCUT2D eigenvalue weighted by molar-refractivity contribution is 0.353. The van der Waals surface area contributed by atoms with Gasteiger partial charge in [0.1, 0.15) is 11.5 Å². The van der Waals surface area contributed by atoms with E-state index in [1.807, 2.05) is 0 Å². The molecule has 0 aromatic heterocycles. The molecule has 1 aliphatic heterocycles. The molecule has 1 fully saturated rings. The summed E-state index contributed by atoms with van der Waals surface area (Å²) in [7, 11) is 0. The first-order valence-electron chi connectivity index (χ1n) is 18.1. The fraction of sp³-hybridized carbons (Fsp3) is 0.143. The minimum absolute atomic E-state index is 0.144. The highest BCUT2D eigenvalue weighted by molar-refractivity contribution is 5.93. The van der Waals surface area contributed by atoms with E-state index in [-0.39, 0.29) is 5.41 Å². The molecule has 0 unspecified atom stereocenters. The fourth-order valence-corrected chi connectivity index (χ4v) is 9.69. The van der Waals surface area contributed by atoms with Crippen molar-refractivity contribution in [3.8, 4) is 44.9 Å². The van der Waals surface area contributed by atoms with E-state index in [9.17, 15) is 0 Å². The molecule has 2 aliphatic carbocycles. The second-order valence-corrected chi connectivity index (χ2v) is 14.3. The molecule has 240 valence electrons. The van der Waals surface area contributed by atoms with E-state index in [0.717, 1.165) is 22.6 Å². The van der Waals surface area contributed by atoms with Crippen molar-refractivity contribution in [3.05, 3.63) is 203 Å². The van der Waals surface area contributed by atoms with Crippen LogP contribution in [-0.2, 0) is 10.8 Å². The molecule has 7 aromatic carbocycles. The molecule has 3 aliphatic rings. The lowest BCUT2D eigenvalue weighted by atomic mass is 9.63. The van der Waals surface area contributed by atoms with Crippen molar-refractivity contribution in [2.45, 2.75) is 42.9 Å². The first-order chi connectivity index (χ1) is 24.8. The highest BCUT2D eigenvalue weighted by atomic mass is 16.5. The molecule has 0 saturated heterocycles. The van der Waals surface area contributed by atoms with Crippen molar-refractivity contribution < 1.29 is 4.74 Å². The van der Waals surface area contributed by atoms with Crippen molar-refractivity contribution in [3.63, 3.8) is 0 Å². The van der Waals surface area contributed by atoms with Crippen molar-refractivity contribution in [1.29, 1.82) is 0 Å². The van der Waals surface area contributed by atoms with E-state index in [0.29, 0.717) is 0 Å². The second-order valence-electron chi connectivity index (χ2n) is 14.3. The first-order valence-corrected chi connectivity index (χ1v) is 18.1. The average molecular weight is 643 g/mol. The number of benzene rings is 7. The van der Waals surface area contributed by atoms with E-state index in [1.54, 1.807) is 0 Å². The van der Waals surface area contributed by atoms with Gasteiger partial charge < -0.3 is 4.74 Å². The van der Waals surface area contributed by atoms with Gasteiger partial charge in [-0.15, -0.1) is 0 Å². The van der Waals surface area contributed by atoms with Crippen LogP contribution in [-0.4, -0.2) is 0 Å². The summed E-state index contributed by atoms with van der Waals surface area (Å²) < 4.78 is 6.70. The van der Waals surface area contributed by atoms with Crippen molar-refractivity contribution in [2.24, 2.45) is 0 Å². The molecular weight excluding hydrogens is 605 g/mol. The predicted octanol–water partition coefficient (Wildman–Crippen LogP) is 12.7. The average Bonchev–Trinajstić information content (AvgIpc) is 3.46. The SMILES string of the molecule is c1ccc(C2(c3ccccc3)c3ccccc3Oc3ccc(-c4cccc(-c5cccc6c5-c5ccccc5C65CCCCC5)c4)cc32)cc1. The van der Waals surface area contributed by atoms with Gasteiger partial charge in [-0.3, -0.25) is 0 Å². The Morgan fingerprint density at radius 3 is 1.74 bits per heavy atom. The molecule has 0 radical (unpaired) electrons. The highest BCUT2D eigenvalue weighted by Crippen LogP contribution is 2.59. The Balaban J connectivity index is 1.16. The Hall–Kier alpha value is -5.66. The van der Waals surface area contributed by atoms with Crippen LogP contribution in [0.1, 0.15) is 65.5 Å². The minimum atomic E-state index is -0.543. The summed E-state index contributed by atoms with van der Waals surface area (Å²) in [6.07, 6.45) is 6.42. The van der Waals surface area contributed by atoms with Gasteiger partial charge in [0.2, 0.25) is 0 Å². The third-order valence-electron chi connectivity index (χ3n) is 11.8. The Morgan fingerprint density at radius 2 is 0.960 bits per heavy atom. The van der Waals surface area contributed by atoms with Crippen LogP contribution < -0.4 is 4.74 Å². The zero-order chi connectivity index (χ0) is 33.1. The number of rotatable bonds is 4. The van der Waals surface area contributed by atoms with Gasteiger partial charge in [0.25, 0.3) is 0 Å². The molecule has 1 heterocycles. The molecule has 50 heavy (non-hydrogen) atoms. The number of hydrogen-bond donors (Lipinski definition) is 0. The molecule has 0 N–H and O–H groups in total. The van der Waals surface area contributed by atoms with Gasteiger partial charge in [0, 0.05) is 16.5 Å². The number of hydrogen-bond acceptors (Lipinski definition) is 1. The lowest BCUT2D eigenvalue weighted by Gasteiger charge is -2.41. The zero-order valence-electron chi connectivity index (χ0n) is 28.1. The smallest absolute Gasteiger partial charge is 0.132 e. The number of para-hydroxylation sites is 1. The molecule has 1 heteroatoms. The third kappa shape index (κ3) is 4.19. The standard InChI is InChI=1S/C49H38O/c1-4-18-37(19-5-1)49(38-20-6-2-7-21-38)42-25-10-11-27-45(42)50-46-29-28-35(33-44(46)49)34-16-14-17-36(32-34)39-23-15-26-43-47(39)40-22-8-9-24-41(40)48(43)30-12-3-13-31-48/h1-2,4-11,14-29,32-33H,3,12-13,30-31H2. The van der Waals surface area contributed by atoms with Gasteiger partial charge in [0.15, 0.2) is 0 Å². The van der Waals surface area contributed by atoms with Crippen LogP contribution >= 0.6 is 0 Å². The predicted molar refractivity (Wildman–Crippen MR) is 205 cm³/mol. The van der Waals surface area contributed by atoms with E-state index in [4.69, 9.17) is 4.74 Å². The molecule has 1 saturated carbocycles. The summed E-state index contributed by atoms with van der Waals surface area (Å²) in [6, 6.07) is 62.7. The Bertz CT molecular complexity index is 2340. The largest absolute Gasteiger partial charge is 0.457 e. The van der Waals surface area contributed by atoms with Gasteiger partial charge in [-0.25, -0.2) is 0 Å². The van der Waals surface area contributed by atoms with Gasteiger partial charge in [-0.05, 0) is 92.7 Å².